The normalized spacial score (nSPS) is 18.0. The van der Waals surface area contributed by atoms with Gasteiger partial charge < -0.3 is 4.90 Å². The smallest absolute Gasteiger partial charge is 0.226 e. The van der Waals surface area contributed by atoms with Gasteiger partial charge in [-0.25, -0.2) is 0 Å². The highest BCUT2D eigenvalue weighted by molar-refractivity contribution is 6.36. The Bertz CT molecular complexity index is 652. The first-order valence-electron chi connectivity index (χ1n) is 7.41. The Morgan fingerprint density at radius 1 is 1.00 bits per heavy atom. The van der Waals surface area contributed by atoms with Gasteiger partial charge in [0, 0.05) is 29.1 Å². The molecule has 1 aliphatic rings. The molecule has 4 heteroatoms. The summed E-state index contributed by atoms with van der Waals surface area (Å²) in [5.41, 5.74) is 2.04. The molecular weight excluding hydrogens is 317 g/mol. The third-order valence-corrected chi connectivity index (χ3v) is 4.85. The molecule has 1 amide bonds. The average molecular weight is 334 g/mol. The van der Waals surface area contributed by atoms with Crippen molar-refractivity contribution in [3.8, 4) is 0 Å². The molecule has 0 bridgehead atoms. The lowest BCUT2D eigenvalue weighted by molar-refractivity contribution is -0.131. The number of benzene rings is 2. The van der Waals surface area contributed by atoms with Gasteiger partial charge in [-0.2, -0.15) is 0 Å². The molecule has 1 saturated heterocycles. The molecule has 0 spiro atoms. The van der Waals surface area contributed by atoms with Gasteiger partial charge in [-0.05, 0) is 36.1 Å². The minimum absolute atomic E-state index is 0.0267. The average Bonchev–Trinajstić information content (AvgIpc) is 2.85. The summed E-state index contributed by atoms with van der Waals surface area (Å²) in [6.45, 7) is 1.47. The number of nitrogens with zero attached hydrogens (tertiary/aromatic N) is 1. The fourth-order valence-electron chi connectivity index (χ4n) is 2.93. The molecule has 2 aromatic rings. The monoisotopic (exact) mass is 333 g/mol. The third kappa shape index (κ3) is 3.29. The quantitative estimate of drug-likeness (QED) is 0.801. The Morgan fingerprint density at radius 2 is 1.68 bits per heavy atom. The lowest BCUT2D eigenvalue weighted by Crippen LogP contribution is -2.27. The van der Waals surface area contributed by atoms with Crippen molar-refractivity contribution in [1.29, 1.82) is 0 Å². The summed E-state index contributed by atoms with van der Waals surface area (Å²) in [5.74, 6) is 0.168. The van der Waals surface area contributed by atoms with Crippen LogP contribution < -0.4 is 0 Å². The van der Waals surface area contributed by atoms with Crippen LogP contribution in [0.4, 0.5) is 0 Å². The molecule has 1 aliphatic heterocycles. The molecular formula is C18H17Cl2NO. The fourth-order valence-corrected chi connectivity index (χ4v) is 3.48. The Morgan fingerprint density at radius 3 is 2.36 bits per heavy atom. The van der Waals surface area contributed by atoms with Gasteiger partial charge in [0.15, 0.2) is 0 Å². The van der Waals surface area contributed by atoms with Gasteiger partial charge in [-0.3, -0.25) is 4.79 Å². The predicted molar refractivity (Wildman–Crippen MR) is 90.1 cm³/mol. The summed E-state index contributed by atoms with van der Waals surface area (Å²) >= 11 is 12.4. The Balaban J connectivity index is 1.69. The minimum Gasteiger partial charge on any atom is -0.338 e. The highest BCUT2D eigenvalue weighted by atomic mass is 35.5. The molecule has 1 heterocycles. The van der Waals surface area contributed by atoms with Crippen molar-refractivity contribution in [2.45, 2.75) is 19.4 Å². The predicted octanol–water partition coefficient (Wildman–Crippen LogP) is 4.58. The molecule has 22 heavy (non-hydrogen) atoms. The van der Waals surface area contributed by atoms with E-state index < -0.39 is 0 Å². The highest BCUT2D eigenvalue weighted by Gasteiger charge is 2.32. The van der Waals surface area contributed by atoms with Crippen LogP contribution in [0.5, 0.6) is 0 Å². The summed E-state index contributed by atoms with van der Waals surface area (Å²) in [6, 6.07) is 15.5. The van der Waals surface area contributed by atoms with Crippen LogP contribution in [0.3, 0.4) is 0 Å². The second-order valence-electron chi connectivity index (χ2n) is 5.64. The number of rotatable bonds is 4. The van der Waals surface area contributed by atoms with E-state index in [2.05, 4.69) is 0 Å². The maximum absolute atomic E-state index is 12.6. The van der Waals surface area contributed by atoms with Crippen LogP contribution in [0, 0.1) is 5.92 Å². The number of carbonyl (C=O) groups excluding carboxylic acids is 1. The highest BCUT2D eigenvalue weighted by Crippen LogP contribution is 2.31. The van der Waals surface area contributed by atoms with Gasteiger partial charge in [0.1, 0.15) is 0 Å². The molecule has 2 nitrogen and oxygen atoms in total. The number of hydrogen-bond donors (Lipinski definition) is 0. The molecule has 3 rings (SSSR count). The van der Waals surface area contributed by atoms with Crippen LogP contribution in [0.25, 0.3) is 0 Å². The van der Waals surface area contributed by atoms with E-state index in [1.165, 1.54) is 0 Å². The van der Waals surface area contributed by atoms with Crippen LogP contribution >= 0.6 is 23.2 Å². The molecule has 0 aliphatic carbocycles. The van der Waals surface area contributed by atoms with Gasteiger partial charge in [0.25, 0.3) is 0 Å². The zero-order valence-corrected chi connectivity index (χ0v) is 13.6. The van der Waals surface area contributed by atoms with Crippen molar-refractivity contribution in [1.82, 2.24) is 4.90 Å². The zero-order valence-electron chi connectivity index (χ0n) is 12.1. The van der Waals surface area contributed by atoms with Crippen molar-refractivity contribution in [2.24, 2.45) is 5.92 Å². The van der Waals surface area contributed by atoms with Crippen LogP contribution in [-0.2, 0) is 17.8 Å². The van der Waals surface area contributed by atoms with Crippen molar-refractivity contribution in [2.75, 3.05) is 6.54 Å². The summed E-state index contributed by atoms with van der Waals surface area (Å²) in [4.78, 5) is 14.5. The summed E-state index contributed by atoms with van der Waals surface area (Å²) in [5, 5.41) is 1.28. The molecule has 0 radical (unpaired) electrons. The lowest BCUT2D eigenvalue weighted by atomic mass is 9.98. The zero-order chi connectivity index (χ0) is 15.5. The van der Waals surface area contributed by atoms with E-state index in [0.717, 1.165) is 24.1 Å². The standard InChI is InChI=1S/C18H17Cl2NO/c19-16-7-4-8-17(20)15(16)11-14-9-10-21(18(14)22)12-13-5-2-1-3-6-13/h1-8,14H,9-12H2. The Hall–Kier alpha value is -1.51. The number of halogens is 2. The van der Waals surface area contributed by atoms with Crippen LogP contribution in [-0.4, -0.2) is 17.4 Å². The van der Waals surface area contributed by atoms with E-state index in [-0.39, 0.29) is 11.8 Å². The van der Waals surface area contributed by atoms with Crippen molar-refractivity contribution >= 4 is 29.1 Å². The van der Waals surface area contributed by atoms with Gasteiger partial charge in [-0.1, -0.05) is 59.6 Å². The number of hydrogen-bond acceptors (Lipinski definition) is 1. The minimum atomic E-state index is -0.0267. The summed E-state index contributed by atoms with van der Waals surface area (Å²) in [7, 11) is 0. The first-order chi connectivity index (χ1) is 10.6. The van der Waals surface area contributed by atoms with E-state index in [0.29, 0.717) is 23.0 Å². The van der Waals surface area contributed by atoms with E-state index in [4.69, 9.17) is 23.2 Å². The van der Waals surface area contributed by atoms with Crippen molar-refractivity contribution in [3.63, 3.8) is 0 Å². The molecule has 1 atom stereocenters. The number of likely N-dealkylation sites (tertiary alicyclic amines) is 1. The Labute approximate surface area is 140 Å². The van der Waals surface area contributed by atoms with Crippen LogP contribution in [0.2, 0.25) is 10.0 Å². The van der Waals surface area contributed by atoms with E-state index in [1.54, 1.807) is 0 Å². The molecule has 1 fully saturated rings. The van der Waals surface area contributed by atoms with E-state index in [1.807, 2.05) is 53.4 Å². The van der Waals surface area contributed by atoms with E-state index >= 15 is 0 Å². The first-order valence-corrected chi connectivity index (χ1v) is 8.16. The van der Waals surface area contributed by atoms with Gasteiger partial charge in [0.05, 0.1) is 0 Å². The number of amides is 1. The summed E-state index contributed by atoms with van der Waals surface area (Å²) in [6.07, 6.45) is 1.47. The Kier molecular flexibility index (Phi) is 4.70. The van der Waals surface area contributed by atoms with E-state index in [9.17, 15) is 4.79 Å². The van der Waals surface area contributed by atoms with Crippen molar-refractivity contribution in [3.05, 3.63) is 69.7 Å². The number of carbonyl (C=O) groups is 1. The van der Waals surface area contributed by atoms with Crippen LogP contribution in [0.1, 0.15) is 17.5 Å². The first kappa shape index (κ1) is 15.4. The van der Waals surface area contributed by atoms with Gasteiger partial charge in [0.2, 0.25) is 5.91 Å². The lowest BCUT2D eigenvalue weighted by Gasteiger charge is -2.17. The topological polar surface area (TPSA) is 20.3 Å². The maximum Gasteiger partial charge on any atom is 0.226 e. The summed E-state index contributed by atoms with van der Waals surface area (Å²) < 4.78 is 0. The second-order valence-corrected chi connectivity index (χ2v) is 6.45. The molecule has 0 N–H and O–H groups in total. The SMILES string of the molecule is O=C1C(Cc2c(Cl)cccc2Cl)CCN1Cc1ccccc1. The molecule has 0 aromatic heterocycles. The molecule has 1 unspecified atom stereocenters. The van der Waals surface area contributed by atoms with Crippen molar-refractivity contribution < 1.29 is 4.79 Å². The van der Waals surface area contributed by atoms with Gasteiger partial charge >= 0.3 is 0 Å². The fraction of sp³-hybridized carbons (Fsp3) is 0.278. The second kappa shape index (κ2) is 6.72. The maximum atomic E-state index is 12.6. The molecule has 114 valence electrons. The van der Waals surface area contributed by atoms with Crippen LogP contribution in [0.15, 0.2) is 48.5 Å². The third-order valence-electron chi connectivity index (χ3n) is 4.14. The molecule has 2 aromatic carbocycles. The largest absolute Gasteiger partial charge is 0.338 e. The van der Waals surface area contributed by atoms with Gasteiger partial charge in [-0.15, -0.1) is 0 Å². The molecule has 0 saturated carbocycles.